The van der Waals surface area contributed by atoms with Crippen molar-refractivity contribution >= 4 is 23.6 Å². The molecule has 6 N–H and O–H groups in total. The Bertz CT molecular complexity index is 591. The number of hydrogen-bond donors (Lipinski definition) is 5. The number of nitrogens with two attached hydrogens (primary N) is 1. The predicted molar refractivity (Wildman–Crippen MR) is 88.1 cm³/mol. The number of phenols is 1. The Morgan fingerprint density at radius 1 is 1.39 bits per heavy atom. The summed E-state index contributed by atoms with van der Waals surface area (Å²) >= 11 is 1.48. The van der Waals surface area contributed by atoms with Crippen LogP contribution in [0.1, 0.15) is 25.5 Å². The molecule has 0 bridgehead atoms. The van der Waals surface area contributed by atoms with Crippen LogP contribution in [0.5, 0.6) is 5.75 Å². The summed E-state index contributed by atoms with van der Waals surface area (Å²) in [6, 6.07) is 4.61. The minimum Gasteiger partial charge on any atom is -0.508 e. The maximum absolute atomic E-state index is 12.1. The number of carbonyl (C=O) groups excluding carboxylic acids is 1. The molecular weight excluding hydrogens is 318 g/mol. The van der Waals surface area contributed by atoms with Crippen LogP contribution in [-0.4, -0.2) is 44.8 Å². The van der Waals surface area contributed by atoms with Gasteiger partial charge in [-0.25, -0.2) is 0 Å². The lowest BCUT2D eigenvalue weighted by molar-refractivity contribution is -0.139. The number of carboxylic acid groups (broad SMARTS) is 1. The molecule has 1 amide bonds. The molecule has 0 saturated carbocycles. The monoisotopic (exact) mass is 339 g/mol. The first-order chi connectivity index (χ1) is 10.7. The highest BCUT2D eigenvalue weighted by Crippen LogP contribution is 2.37. The Labute approximate surface area is 138 Å². The van der Waals surface area contributed by atoms with E-state index in [0.717, 1.165) is 0 Å². The number of nitrogens with one attached hydrogen (secondary N) is 2. The van der Waals surface area contributed by atoms with Gasteiger partial charge in [-0.15, -0.1) is 11.8 Å². The van der Waals surface area contributed by atoms with Crippen LogP contribution in [0, 0.1) is 0 Å². The summed E-state index contributed by atoms with van der Waals surface area (Å²) in [5.41, 5.74) is 6.48. The fourth-order valence-corrected chi connectivity index (χ4v) is 3.87. The molecule has 3 atom stereocenters. The first-order valence-corrected chi connectivity index (χ1v) is 8.07. The van der Waals surface area contributed by atoms with Crippen molar-refractivity contribution in [3.8, 4) is 5.75 Å². The highest BCUT2D eigenvalue weighted by molar-refractivity contribution is 8.01. The number of amides is 1. The molecule has 8 heteroatoms. The third-order valence-corrected chi connectivity index (χ3v) is 5.17. The van der Waals surface area contributed by atoms with Crippen molar-refractivity contribution < 1.29 is 19.8 Å². The lowest BCUT2D eigenvalue weighted by Crippen LogP contribution is -2.47. The van der Waals surface area contributed by atoms with Crippen LogP contribution in [0.2, 0.25) is 0 Å². The van der Waals surface area contributed by atoms with E-state index in [2.05, 4.69) is 10.6 Å². The number of aliphatic carboxylic acids is 1. The van der Waals surface area contributed by atoms with Gasteiger partial charge >= 0.3 is 5.97 Å². The molecule has 0 aliphatic carbocycles. The van der Waals surface area contributed by atoms with Crippen molar-refractivity contribution in [1.29, 1.82) is 0 Å². The Morgan fingerprint density at radius 2 is 2.00 bits per heavy atom. The molecule has 23 heavy (non-hydrogen) atoms. The quantitative estimate of drug-likeness (QED) is 0.526. The first-order valence-electron chi connectivity index (χ1n) is 7.19. The van der Waals surface area contributed by atoms with Crippen LogP contribution in [0.25, 0.3) is 0 Å². The zero-order valence-corrected chi connectivity index (χ0v) is 13.8. The van der Waals surface area contributed by atoms with Gasteiger partial charge in [0.15, 0.2) is 0 Å². The molecule has 1 unspecified atom stereocenters. The van der Waals surface area contributed by atoms with Crippen molar-refractivity contribution in [1.82, 2.24) is 10.6 Å². The summed E-state index contributed by atoms with van der Waals surface area (Å²) in [7, 11) is 0. The fourth-order valence-electron chi connectivity index (χ4n) is 2.46. The molecule has 0 radical (unpaired) electrons. The zero-order chi connectivity index (χ0) is 17.2. The summed E-state index contributed by atoms with van der Waals surface area (Å²) < 4.78 is -0.458. The van der Waals surface area contributed by atoms with Gasteiger partial charge < -0.3 is 21.3 Å². The van der Waals surface area contributed by atoms with Gasteiger partial charge in [-0.3, -0.25) is 14.9 Å². The molecule has 1 aliphatic rings. The number of rotatable bonds is 5. The smallest absolute Gasteiger partial charge is 0.322 e. The number of carbonyl (C=O) groups is 2. The van der Waals surface area contributed by atoms with Crippen LogP contribution >= 0.6 is 11.8 Å². The Kier molecular flexibility index (Phi) is 5.18. The summed E-state index contributed by atoms with van der Waals surface area (Å²) in [4.78, 5) is 23.3. The molecular formula is C15H21N3O4S. The van der Waals surface area contributed by atoms with Crippen LogP contribution in [0.3, 0.4) is 0 Å². The average Bonchev–Trinajstić information content (AvgIpc) is 2.80. The van der Waals surface area contributed by atoms with Gasteiger partial charge in [0.1, 0.15) is 17.8 Å². The second-order valence-electron chi connectivity index (χ2n) is 5.96. The lowest BCUT2D eigenvalue weighted by Gasteiger charge is -2.20. The van der Waals surface area contributed by atoms with E-state index in [9.17, 15) is 19.8 Å². The molecule has 1 heterocycles. The number of thioether (sulfide) groups is 1. The van der Waals surface area contributed by atoms with Crippen molar-refractivity contribution in [3.63, 3.8) is 0 Å². The number of benzene rings is 1. The molecule has 1 aliphatic heterocycles. The molecule has 7 nitrogen and oxygen atoms in total. The number of carboxylic acids is 1. The van der Waals surface area contributed by atoms with Crippen LogP contribution < -0.4 is 16.4 Å². The van der Waals surface area contributed by atoms with Gasteiger partial charge in [-0.1, -0.05) is 12.1 Å². The van der Waals surface area contributed by atoms with Crippen LogP contribution in [0.15, 0.2) is 24.3 Å². The van der Waals surface area contributed by atoms with Crippen LogP contribution in [0.4, 0.5) is 0 Å². The van der Waals surface area contributed by atoms with E-state index in [0.29, 0.717) is 5.56 Å². The normalized spacial score (nSPS) is 24.1. The van der Waals surface area contributed by atoms with Crippen molar-refractivity contribution in [2.75, 3.05) is 6.54 Å². The summed E-state index contributed by atoms with van der Waals surface area (Å²) in [6.45, 7) is 3.99. The molecule has 1 saturated heterocycles. The molecule has 0 spiro atoms. The second kappa shape index (κ2) is 6.77. The Hall–Kier alpha value is -1.77. The molecule has 126 valence electrons. The maximum Gasteiger partial charge on any atom is 0.322 e. The fraction of sp³-hybridized carbons (Fsp3) is 0.467. The molecule has 1 fully saturated rings. The van der Waals surface area contributed by atoms with E-state index in [-0.39, 0.29) is 23.6 Å². The lowest BCUT2D eigenvalue weighted by atomic mass is 10.0. The van der Waals surface area contributed by atoms with Gasteiger partial charge in [0, 0.05) is 11.3 Å². The number of hydrogen-bond acceptors (Lipinski definition) is 6. The number of phenolic OH excluding ortho intramolecular Hbond substituents is 1. The number of aromatic hydroxyl groups is 1. The molecule has 0 aromatic heterocycles. The third kappa shape index (κ3) is 4.15. The van der Waals surface area contributed by atoms with Gasteiger partial charge in [-0.05, 0) is 31.5 Å². The van der Waals surface area contributed by atoms with E-state index in [1.807, 2.05) is 13.8 Å². The Balaban J connectivity index is 1.90. The van der Waals surface area contributed by atoms with E-state index < -0.39 is 22.8 Å². The highest BCUT2D eigenvalue weighted by Gasteiger charge is 2.45. The van der Waals surface area contributed by atoms with Gasteiger partial charge in [0.25, 0.3) is 0 Å². The predicted octanol–water partition coefficient (Wildman–Crippen LogP) is 0.403. The third-order valence-electron chi connectivity index (χ3n) is 3.74. The average molecular weight is 339 g/mol. The largest absolute Gasteiger partial charge is 0.508 e. The maximum atomic E-state index is 12.1. The SMILES string of the molecule is CC1(C)SC(CNC(=O)[C@H](N)c2ccc(O)cc2)N[C@@H]1C(=O)O. The van der Waals surface area contributed by atoms with E-state index in [1.165, 1.54) is 23.9 Å². The second-order valence-corrected chi connectivity index (χ2v) is 7.82. The van der Waals surface area contributed by atoms with Gasteiger partial charge in [0.2, 0.25) is 5.91 Å². The summed E-state index contributed by atoms with van der Waals surface area (Å²) in [6.07, 6.45) is 0. The minimum atomic E-state index is -0.905. The van der Waals surface area contributed by atoms with E-state index >= 15 is 0 Å². The van der Waals surface area contributed by atoms with Gasteiger partial charge in [0.05, 0.1) is 5.37 Å². The minimum absolute atomic E-state index is 0.106. The molecule has 1 aromatic carbocycles. The summed E-state index contributed by atoms with van der Waals surface area (Å²) in [5, 5.41) is 24.0. The van der Waals surface area contributed by atoms with Crippen molar-refractivity contribution in [2.45, 2.75) is 36.1 Å². The van der Waals surface area contributed by atoms with E-state index in [4.69, 9.17) is 5.73 Å². The highest BCUT2D eigenvalue weighted by atomic mass is 32.2. The standard InChI is InChI=1S/C15H21N3O4S/c1-15(2)12(14(21)22)18-10(23-15)7-17-13(20)11(16)8-3-5-9(19)6-4-8/h3-6,10-12,18-19H,7,16H2,1-2H3,(H,17,20)(H,21,22)/t10?,11-,12-/m1/s1. The van der Waals surface area contributed by atoms with E-state index in [1.54, 1.807) is 12.1 Å². The van der Waals surface area contributed by atoms with Gasteiger partial charge in [-0.2, -0.15) is 0 Å². The van der Waals surface area contributed by atoms with Crippen LogP contribution in [-0.2, 0) is 9.59 Å². The topological polar surface area (TPSA) is 125 Å². The Morgan fingerprint density at radius 3 is 2.52 bits per heavy atom. The molecule has 1 aromatic rings. The molecule has 2 rings (SSSR count). The zero-order valence-electron chi connectivity index (χ0n) is 12.9. The summed E-state index contributed by atoms with van der Waals surface area (Å²) in [5.74, 6) is -1.15. The first kappa shape index (κ1) is 17.6. The van der Waals surface area contributed by atoms with Crippen molar-refractivity contribution in [2.24, 2.45) is 5.73 Å². The van der Waals surface area contributed by atoms with Crippen molar-refractivity contribution in [3.05, 3.63) is 29.8 Å².